The number of para-hydroxylation sites is 1. The Kier molecular flexibility index (Phi) is 4.47. The molecule has 4 heteroatoms. The van der Waals surface area contributed by atoms with E-state index in [0.29, 0.717) is 16.2 Å². The van der Waals surface area contributed by atoms with Crippen molar-refractivity contribution in [3.8, 4) is 5.75 Å². The molecule has 1 unspecified atom stereocenters. The normalized spacial score (nSPS) is 11.8. The number of Topliss-reactive ketones (excluding diaryl/α,β-unsaturated/α-hetero) is 1. The lowest BCUT2D eigenvalue weighted by Crippen LogP contribution is -2.12. The van der Waals surface area contributed by atoms with Gasteiger partial charge in [-0.05, 0) is 24.3 Å². The zero-order valence-corrected chi connectivity index (χ0v) is 11.4. The highest BCUT2D eigenvalue weighted by Gasteiger charge is 2.15. The minimum Gasteiger partial charge on any atom is -0.496 e. The van der Waals surface area contributed by atoms with Crippen molar-refractivity contribution in [2.24, 2.45) is 0 Å². The van der Waals surface area contributed by atoms with E-state index in [2.05, 4.69) is 0 Å². The Labute approximate surface area is 114 Å². The van der Waals surface area contributed by atoms with Crippen LogP contribution in [0.15, 0.2) is 59.5 Å². The third-order valence-electron chi connectivity index (χ3n) is 2.68. The summed E-state index contributed by atoms with van der Waals surface area (Å²) in [6.07, 6.45) is 0. The Morgan fingerprint density at radius 3 is 2.37 bits per heavy atom. The van der Waals surface area contributed by atoms with Gasteiger partial charge < -0.3 is 4.74 Å². The van der Waals surface area contributed by atoms with Crippen LogP contribution in [0.3, 0.4) is 0 Å². The van der Waals surface area contributed by atoms with Crippen LogP contribution in [-0.2, 0) is 10.8 Å². The molecule has 2 aromatic rings. The first-order valence-corrected chi connectivity index (χ1v) is 7.14. The standard InChI is InChI=1S/C15H14O3S/c1-18-15-10-6-5-9-13(15)14(16)11-19(17)12-7-3-2-4-8-12/h2-10H,11H2,1H3. The van der Waals surface area contributed by atoms with Crippen LogP contribution in [0.25, 0.3) is 0 Å². The molecule has 98 valence electrons. The number of hydrogen-bond donors (Lipinski definition) is 0. The summed E-state index contributed by atoms with van der Waals surface area (Å²) >= 11 is 0. The van der Waals surface area contributed by atoms with Crippen LogP contribution in [0, 0.1) is 0 Å². The van der Waals surface area contributed by atoms with Gasteiger partial charge in [0.15, 0.2) is 5.78 Å². The van der Waals surface area contributed by atoms with Gasteiger partial charge in [0.25, 0.3) is 0 Å². The zero-order chi connectivity index (χ0) is 13.7. The molecule has 0 N–H and O–H groups in total. The highest BCUT2D eigenvalue weighted by Crippen LogP contribution is 2.19. The molecule has 0 heterocycles. The van der Waals surface area contributed by atoms with Gasteiger partial charge in [0.2, 0.25) is 0 Å². The second-order valence-corrected chi connectivity index (χ2v) is 5.38. The van der Waals surface area contributed by atoms with E-state index in [1.807, 2.05) is 6.07 Å². The molecule has 0 aromatic heterocycles. The number of methoxy groups -OCH3 is 1. The third kappa shape index (κ3) is 3.29. The largest absolute Gasteiger partial charge is 0.496 e. The number of benzene rings is 2. The van der Waals surface area contributed by atoms with E-state index < -0.39 is 10.8 Å². The smallest absolute Gasteiger partial charge is 0.179 e. The number of carbonyl (C=O) groups excluding carboxylic acids is 1. The van der Waals surface area contributed by atoms with E-state index in [0.717, 1.165) is 0 Å². The van der Waals surface area contributed by atoms with Crippen LogP contribution in [0.2, 0.25) is 0 Å². The van der Waals surface area contributed by atoms with Crippen molar-refractivity contribution in [3.05, 3.63) is 60.2 Å². The number of rotatable bonds is 5. The topological polar surface area (TPSA) is 43.4 Å². The van der Waals surface area contributed by atoms with Crippen LogP contribution in [0.4, 0.5) is 0 Å². The average Bonchev–Trinajstić information content (AvgIpc) is 2.48. The molecule has 0 fully saturated rings. The lowest BCUT2D eigenvalue weighted by Gasteiger charge is -2.07. The van der Waals surface area contributed by atoms with Crippen LogP contribution < -0.4 is 4.74 Å². The molecule has 0 aliphatic carbocycles. The summed E-state index contributed by atoms with van der Waals surface area (Å²) in [5.41, 5.74) is 0.467. The van der Waals surface area contributed by atoms with E-state index in [1.165, 1.54) is 7.11 Å². The molecule has 0 spiro atoms. The van der Waals surface area contributed by atoms with Crippen LogP contribution in [-0.4, -0.2) is 22.9 Å². The SMILES string of the molecule is COc1ccccc1C(=O)CS(=O)c1ccccc1. The first kappa shape index (κ1) is 13.5. The Balaban J connectivity index is 2.16. The van der Waals surface area contributed by atoms with Crippen LogP contribution in [0.5, 0.6) is 5.75 Å². The maximum Gasteiger partial charge on any atom is 0.179 e. The van der Waals surface area contributed by atoms with Crippen molar-refractivity contribution >= 4 is 16.6 Å². The predicted octanol–water partition coefficient (Wildman–Crippen LogP) is 2.69. The van der Waals surface area contributed by atoms with Gasteiger partial charge in [-0.3, -0.25) is 9.00 Å². The molecule has 0 radical (unpaired) electrons. The molecule has 0 aliphatic rings. The summed E-state index contributed by atoms with van der Waals surface area (Å²) in [5, 5.41) is 0. The highest BCUT2D eigenvalue weighted by molar-refractivity contribution is 7.85. The molecule has 0 saturated heterocycles. The number of carbonyl (C=O) groups is 1. The fourth-order valence-electron chi connectivity index (χ4n) is 1.73. The van der Waals surface area contributed by atoms with Crippen molar-refractivity contribution in [2.45, 2.75) is 4.90 Å². The van der Waals surface area contributed by atoms with Crippen LogP contribution >= 0.6 is 0 Å². The maximum atomic E-state index is 12.1. The quantitative estimate of drug-likeness (QED) is 0.787. The monoisotopic (exact) mass is 274 g/mol. The van der Waals surface area contributed by atoms with Gasteiger partial charge in [0.1, 0.15) is 5.75 Å². The summed E-state index contributed by atoms with van der Waals surface area (Å²) < 4.78 is 17.2. The van der Waals surface area contributed by atoms with Crippen molar-refractivity contribution in [1.29, 1.82) is 0 Å². The first-order valence-electron chi connectivity index (χ1n) is 5.82. The molecule has 0 aliphatic heterocycles. The van der Waals surface area contributed by atoms with Gasteiger partial charge in [0, 0.05) is 4.90 Å². The van der Waals surface area contributed by atoms with E-state index in [9.17, 15) is 9.00 Å². The lowest BCUT2D eigenvalue weighted by molar-refractivity contribution is 0.101. The number of ketones is 1. The van der Waals surface area contributed by atoms with Crippen molar-refractivity contribution in [2.75, 3.05) is 12.9 Å². The third-order valence-corrected chi connectivity index (χ3v) is 4.00. The fourth-order valence-corrected chi connectivity index (χ4v) is 2.75. The van der Waals surface area contributed by atoms with Crippen molar-refractivity contribution in [1.82, 2.24) is 0 Å². The molecule has 0 saturated carbocycles. The molecule has 0 amide bonds. The Morgan fingerprint density at radius 1 is 1.05 bits per heavy atom. The highest BCUT2D eigenvalue weighted by atomic mass is 32.2. The van der Waals surface area contributed by atoms with Crippen molar-refractivity contribution in [3.63, 3.8) is 0 Å². The zero-order valence-electron chi connectivity index (χ0n) is 10.5. The summed E-state index contributed by atoms with van der Waals surface area (Å²) in [6.45, 7) is 0. The molecule has 0 bridgehead atoms. The van der Waals surface area contributed by atoms with Crippen molar-refractivity contribution < 1.29 is 13.7 Å². The second-order valence-electron chi connectivity index (χ2n) is 3.93. The average molecular weight is 274 g/mol. The van der Waals surface area contributed by atoms with Crippen LogP contribution in [0.1, 0.15) is 10.4 Å². The first-order chi connectivity index (χ1) is 9.22. The second kappa shape index (κ2) is 6.29. The van der Waals surface area contributed by atoms with Gasteiger partial charge in [-0.2, -0.15) is 0 Å². The summed E-state index contributed by atoms with van der Waals surface area (Å²) in [7, 11) is 0.185. The van der Waals surface area contributed by atoms with E-state index in [4.69, 9.17) is 4.74 Å². The van der Waals surface area contributed by atoms with Gasteiger partial charge in [0.05, 0.1) is 29.2 Å². The van der Waals surface area contributed by atoms with Gasteiger partial charge in [-0.25, -0.2) is 0 Å². The minimum atomic E-state index is -1.33. The molecule has 2 rings (SSSR count). The lowest BCUT2D eigenvalue weighted by atomic mass is 10.1. The number of hydrogen-bond acceptors (Lipinski definition) is 3. The molecule has 19 heavy (non-hydrogen) atoms. The van der Waals surface area contributed by atoms with Gasteiger partial charge in [-0.1, -0.05) is 30.3 Å². The van der Waals surface area contributed by atoms with Gasteiger partial charge in [-0.15, -0.1) is 0 Å². The molecule has 3 nitrogen and oxygen atoms in total. The van der Waals surface area contributed by atoms with E-state index >= 15 is 0 Å². The summed E-state index contributed by atoms with van der Waals surface area (Å²) in [6, 6.07) is 15.9. The fraction of sp³-hybridized carbons (Fsp3) is 0.133. The molecule has 2 aromatic carbocycles. The van der Waals surface area contributed by atoms with E-state index in [-0.39, 0.29) is 11.5 Å². The number of ether oxygens (including phenoxy) is 1. The maximum absolute atomic E-state index is 12.1. The Morgan fingerprint density at radius 2 is 1.68 bits per heavy atom. The summed E-state index contributed by atoms with van der Waals surface area (Å²) in [5.74, 6) is 0.293. The minimum absolute atomic E-state index is 0.0373. The Bertz CT molecular complexity index is 593. The Hall–Kier alpha value is -1.94. The predicted molar refractivity (Wildman–Crippen MR) is 75.0 cm³/mol. The molecular weight excluding hydrogens is 260 g/mol. The molecular formula is C15H14O3S. The van der Waals surface area contributed by atoms with Gasteiger partial charge >= 0.3 is 0 Å². The molecule has 1 atom stereocenters. The van der Waals surface area contributed by atoms with E-state index in [1.54, 1.807) is 48.5 Å². The summed E-state index contributed by atoms with van der Waals surface area (Å²) in [4.78, 5) is 12.8.